The van der Waals surface area contributed by atoms with Gasteiger partial charge in [-0.3, -0.25) is 4.98 Å². The predicted molar refractivity (Wildman–Crippen MR) is 83.6 cm³/mol. The second kappa shape index (κ2) is 5.90. The lowest BCUT2D eigenvalue weighted by Crippen LogP contribution is -2.18. The maximum Gasteiger partial charge on any atom is 0.0708 e. The molecule has 2 aromatic rings. The molecule has 3 nitrogen and oxygen atoms in total. The van der Waals surface area contributed by atoms with Crippen LogP contribution in [0.1, 0.15) is 48.5 Å². The summed E-state index contributed by atoms with van der Waals surface area (Å²) >= 11 is 0. The van der Waals surface area contributed by atoms with E-state index in [9.17, 15) is 0 Å². The number of nitrogens with two attached hydrogens (primary N) is 2. The number of hydrogen-bond acceptors (Lipinski definition) is 3. The van der Waals surface area contributed by atoms with Crippen LogP contribution in [0.4, 0.5) is 0 Å². The van der Waals surface area contributed by atoms with Crippen molar-refractivity contribution in [3.05, 3.63) is 41.1 Å². The lowest BCUT2D eigenvalue weighted by molar-refractivity contribution is 0.599. The van der Waals surface area contributed by atoms with Gasteiger partial charge in [-0.25, -0.2) is 0 Å². The molecule has 1 aliphatic carbocycles. The standard InChI is InChI=1S/C17H23N3/c18-11-5-8-14(19)17-12-6-1-3-9-15(12)20-16-10-4-2-7-13(16)17/h1,3,6,9,14H,2,4-5,7-8,10-11,18-19H2. The Bertz CT molecular complexity index is 606. The SMILES string of the molecule is NCCCC(N)c1c2c(nc3ccccc13)CCCC2. The first kappa shape index (κ1) is 13.5. The third-order valence-electron chi connectivity index (χ3n) is 4.30. The minimum atomic E-state index is 0.0818. The summed E-state index contributed by atoms with van der Waals surface area (Å²) in [6, 6.07) is 8.48. The first-order valence-electron chi connectivity index (χ1n) is 7.67. The van der Waals surface area contributed by atoms with Gasteiger partial charge >= 0.3 is 0 Å². The molecule has 0 aliphatic heterocycles. The van der Waals surface area contributed by atoms with E-state index in [0.717, 1.165) is 31.2 Å². The van der Waals surface area contributed by atoms with E-state index in [0.29, 0.717) is 6.54 Å². The summed E-state index contributed by atoms with van der Waals surface area (Å²) in [5, 5.41) is 1.23. The fourth-order valence-corrected chi connectivity index (χ4v) is 3.32. The lowest BCUT2D eigenvalue weighted by Gasteiger charge is -2.24. The van der Waals surface area contributed by atoms with Gasteiger partial charge in [-0.05, 0) is 62.3 Å². The molecular weight excluding hydrogens is 246 g/mol. The molecule has 0 bridgehead atoms. The van der Waals surface area contributed by atoms with Crippen LogP contribution in [-0.2, 0) is 12.8 Å². The van der Waals surface area contributed by atoms with E-state index in [1.54, 1.807) is 0 Å². The number of aromatic nitrogens is 1. The van der Waals surface area contributed by atoms with Gasteiger partial charge in [0.05, 0.1) is 5.52 Å². The van der Waals surface area contributed by atoms with E-state index in [-0.39, 0.29) is 6.04 Å². The fourth-order valence-electron chi connectivity index (χ4n) is 3.32. The Morgan fingerprint density at radius 2 is 1.95 bits per heavy atom. The van der Waals surface area contributed by atoms with Gasteiger partial charge in [0.15, 0.2) is 0 Å². The summed E-state index contributed by atoms with van der Waals surface area (Å²) in [5.74, 6) is 0. The third-order valence-corrected chi connectivity index (χ3v) is 4.30. The summed E-state index contributed by atoms with van der Waals surface area (Å²) in [5.41, 5.74) is 17.2. The van der Waals surface area contributed by atoms with Crippen molar-refractivity contribution in [1.82, 2.24) is 4.98 Å². The molecular formula is C17H23N3. The van der Waals surface area contributed by atoms with Gasteiger partial charge in [0.25, 0.3) is 0 Å². The van der Waals surface area contributed by atoms with Crippen LogP contribution in [0.15, 0.2) is 24.3 Å². The topological polar surface area (TPSA) is 64.9 Å². The van der Waals surface area contributed by atoms with Crippen molar-refractivity contribution < 1.29 is 0 Å². The monoisotopic (exact) mass is 269 g/mol. The highest BCUT2D eigenvalue weighted by molar-refractivity contribution is 5.84. The maximum absolute atomic E-state index is 6.49. The Hall–Kier alpha value is -1.45. The predicted octanol–water partition coefficient (Wildman–Crippen LogP) is 2.85. The fraction of sp³-hybridized carbons (Fsp3) is 0.471. The number of rotatable bonds is 4. The van der Waals surface area contributed by atoms with E-state index in [1.807, 2.05) is 0 Å². The molecule has 1 atom stereocenters. The average molecular weight is 269 g/mol. The van der Waals surface area contributed by atoms with Crippen molar-refractivity contribution in [2.45, 2.75) is 44.6 Å². The number of benzene rings is 1. The molecule has 0 amide bonds. The quantitative estimate of drug-likeness (QED) is 0.897. The van der Waals surface area contributed by atoms with Crippen LogP contribution in [0, 0.1) is 0 Å². The lowest BCUT2D eigenvalue weighted by atomic mass is 9.86. The van der Waals surface area contributed by atoms with Crippen LogP contribution in [0.25, 0.3) is 10.9 Å². The zero-order valence-corrected chi connectivity index (χ0v) is 11.9. The van der Waals surface area contributed by atoms with Crippen LogP contribution in [0.2, 0.25) is 0 Å². The number of aryl methyl sites for hydroxylation is 1. The van der Waals surface area contributed by atoms with Crippen molar-refractivity contribution in [1.29, 1.82) is 0 Å². The summed E-state index contributed by atoms with van der Waals surface area (Å²) in [7, 11) is 0. The first-order valence-corrected chi connectivity index (χ1v) is 7.67. The van der Waals surface area contributed by atoms with Gasteiger partial charge in [-0.2, -0.15) is 0 Å². The van der Waals surface area contributed by atoms with Gasteiger partial charge in [0.1, 0.15) is 0 Å². The molecule has 1 heterocycles. The minimum absolute atomic E-state index is 0.0818. The second-order valence-electron chi connectivity index (χ2n) is 5.71. The summed E-state index contributed by atoms with van der Waals surface area (Å²) < 4.78 is 0. The number of pyridine rings is 1. The maximum atomic E-state index is 6.49. The molecule has 4 N–H and O–H groups in total. The van der Waals surface area contributed by atoms with Crippen molar-refractivity contribution in [3.8, 4) is 0 Å². The molecule has 1 aromatic carbocycles. The van der Waals surface area contributed by atoms with Crippen LogP contribution < -0.4 is 11.5 Å². The van der Waals surface area contributed by atoms with Crippen LogP contribution in [-0.4, -0.2) is 11.5 Å². The molecule has 1 aliphatic rings. The van der Waals surface area contributed by atoms with E-state index >= 15 is 0 Å². The normalized spacial score (nSPS) is 16.1. The molecule has 1 unspecified atom stereocenters. The zero-order valence-electron chi connectivity index (χ0n) is 11.9. The Morgan fingerprint density at radius 1 is 1.15 bits per heavy atom. The van der Waals surface area contributed by atoms with Crippen LogP contribution >= 0.6 is 0 Å². The summed E-state index contributed by atoms with van der Waals surface area (Å²) in [6.45, 7) is 0.707. The Morgan fingerprint density at radius 3 is 2.80 bits per heavy atom. The van der Waals surface area contributed by atoms with Crippen molar-refractivity contribution in [2.75, 3.05) is 6.54 Å². The first-order chi connectivity index (χ1) is 9.81. The smallest absolute Gasteiger partial charge is 0.0708 e. The van der Waals surface area contributed by atoms with Crippen molar-refractivity contribution in [3.63, 3.8) is 0 Å². The van der Waals surface area contributed by atoms with E-state index in [1.165, 1.54) is 35.0 Å². The number of fused-ring (bicyclic) bond motifs is 2. The van der Waals surface area contributed by atoms with Crippen LogP contribution in [0.3, 0.4) is 0 Å². The Labute approximate surface area is 120 Å². The van der Waals surface area contributed by atoms with Gasteiger partial charge in [0.2, 0.25) is 0 Å². The highest BCUT2D eigenvalue weighted by Gasteiger charge is 2.21. The Kier molecular flexibility index (Phi) is 3.99. The van der Waals surface area contributed by atoms with Gasteiger partial charge in [-0.15, -0.1) is 0 Å². The minimum Gasteiger partial charge on any atom is -0.330 e. The summed E-state index contributed by atoms with van der Waals surface area (Å²) in [4.78, 5) is 4.86. The highest BCUT2D eigenvalue weighted by Crippen LogP contribution is 2.33. The summed E-state index contributed by atoms with van der Waals surface area (Å²) in [6.07, 6.45) is 6.65. The van der Waals surface area contributed by atoms with Gasteiger partial charge in [0, 0.05) is 17.1 Å². The molecule has 20 heavy (non-hydrogen) atoms. The van der Waals surface area contributed by atoms with Gasteiger partial charge in [-0.1, -0.05) is 18.2 Å². The molecule has 0 spiro atoms. The van der Waals surface area contributed by atoms with Crippen molar-refractivity contribution in [2.24, 2.45) is 11.5 Å². The van der Waals surface area contributed by atoms with Gasteiger partial charge < -0.3 is 11.5 Å². The van der Waals surface area contributed by atoms with Crippen molar-refractivity contribution >= 4 is 10.9 Å². The Balaban J connectivity index is 2.15. The number of nitrogens with zero attached hydrogens (tertiary/aromatic N) is 1. The van der Waals surface area contributed by atoms with E-state index < -0.39 is 0 Å². The molecule has 0 saturated carbocycles. The molecule has 3 heteroatoms. The number of hydrogen-bond donors (Lipinski definition) is 2. The largest absolute Gasteiger partial charge is 0.330 e. The number of para-hydroxylation sites is 1. The second-order valence-corrected chi connectivity index (χ2v) is 5.71. The molecule has 0 radical (unpaired) electrons. The van der Waals surface area contributed by atoms with E-state index in [2.05, 4.69) is 24.3 Å². The van der Waals surface area contributed by atoms with Crippen LogP contribution in [0.5, 0.6) is 0 Å². The average Bonchev–Trinajstić information content (AvgIpc) is 2.50. The third kappa shape index (κ3) is 2.43. The zero-order chi connectivity index (χ0) is 13.9. The molecule has 3 rings (SSSR count). The molecule has 0 fully saturated rings. The molecule has 1 aromatic heterocycles. The van der Waals surface area contributed by atoms with E-state index in [4.69, 9.17) is 16.5 Å². The molecule has 106 valence electrons. The molecule has 0 saturated heterocycles. The highest BCUT2D eigenvalue weighted by atomic mass is 14.7.